The van der Waals surface area contributed by atoms with E-state index < -0.39 is 6.10 Å². The van der Waals surface area contributed by atoms with Crippen LogP contribution in [0, 0.1) is 0 Å². The molecule has 0 spiro atoms. The maximum absolute atomic E-state index is 9.96. The molecule has 17 heavy (non-hydrogen) atoms. The van der Waals surface area contributed by atoms with Crippen molar-refractivity contribution in [2.24, 2.45) is 0 Å². The number of aliphatic hydroxyl groups is 1. The number of ether oxygens (including phenoxy) is 1. The van der Waals surface area contributed by atoms with Gasteiger partial charge in [0.05, 0.1) is 13.2 Å². The third-order valence-electron chi connectivity index (χ3n) is 2.40. The number of methoxy groups -OCH3 is 1. The zero-order valence-electron chi connectivity index (χ0n) is 9.45. The van der Waals surface area contributed by atoms with Crippen molar-refractivity contribution in [3.63, 3.8) is 0 Å². The van der Waals surface area contributed by atoms with E-state index in [1.165, 1.54) is 6.33 Å². The van der Waals surface area contributed by atoms with E-state index in [1.54, 1.807) is 31.8 Å². The van der Waals surface area contributed by atoms with Gasteiger partial charge in [0, 0.05) is 36.6 Å². The Hall–Kier alpha value is -2.01. The summed E-state index contributed by atoms with van der Waals surface area (Å²) in [5.41, 5.74) is 1.63. The van der Waals surface area contributed by atoms with Crippen molar-refractivity contribution in [2.75, 3.05) is 7.11 Å². The Morgan fingerprint density at radius 1 is 1.24 bits per heavy atom. The lowest BCUT2D eigenvalue weighted by Crippen LogP contribution is -2.03. The van der Waals surface area contributed by atoms with Crippen molar-refractivity contribution in [3.05, 3.63) is 48.2 Å². The molecule has 2 rings (SSSR count). The molecule has 0 saturated heterocycles. The minimum atomic E-state index is -0.619. The lowest BCUT2D eigenvalue weighted by atomic mass is 10.1. The van der Waals surface area contributed by atoms with Gasteiger partial charge in [-0.1, -0.05) is 6.07 Å². The molecular weight excluding hydrogens is 218 g/mol. The summed E-state index contributed by atoms with van der Waals surface area (Å²) in [5.74, 6) is 0.561. The predicted octanol–water partition coefficient (Wildman–Crippen LogP) is 1.16. The summed E-state index contributed by atoms with van der Waals surface area (Å²) in [6.07, 6.45) is 6.19. The molecule has 1 N–H and O–H groups in total. The molecule has 1 unspecified atom stereocenters. The number of nitrogens with zero attached hydrogens (tertiary/aromatic N) is 3. The first-order chi connectivity index (χ1) is 8.29. The average molecular weight is 231 g/mol. The highest BCUT2D eigenvalue weighted by Crippen LogP contribution is 2.17. The van der Waals surface area contributed by atoms with E-state index in [1.807, 2.05) is 6.07 Å². The van der Waals surface area contributed by atoms with Crippen molar-refractivity contribution >= 4 is 0 Å². The normalized spacial score (nSPS) is 12.1. The van der Waals surface area contributed by atoms with E-state index in [9.17, 15) is 5.11 Å². The van der Waals surface area contributed by atoms with E-state index in [4.69, 9.17) is 4.74 Å². The molecule has 5 heteroatoms. The minimum Gasteiger partial charge on any atom is -0.481 e. The zero-order valence-corrected chi connectivity index (χ0v) is 9.45. The lowest BCUT2D eigenvalue weighted by Gasteiger charge is -2.09. The number of rotatable bonds is 4. The van der Waals surface area contributed by atoms with Crippen LogP contribution in [0.4, 0.5) is 0 Å². The third-order valence-corrected chi connectivity index (χ3v) is 2.40. The average Bonchev–Trinajstić information content (AvgIpc) is 2.40. The van der Waals surface area contributed by atoms with Crippen LogP contribution in [0.2, 0.25) is 0 Å². The summed E-state index contributed by atoms with van der Waals surface area (Å²) in [7, 11) is 1.57. The second-order valence-electron chi connectivity index (χ2n) is 3.60. The van der Waals surface area contributed by atoms with Crippen LogP contribution in [0.25, 0.3) is 0 Å². The number of hydrogen-bond donors (Lipinski definition) is 1. The summed E-state index contributed by atoms with van der Waals surface area (Å²) < 4.78 is 4.97. The molecule has 0 saturated carbocycles. The molecule has 0 aromatic carbocycles. The first-order valence-corrected chi connectivity index (χ1v) is 5.21. The lowest BCUT2D eigenvalue weighted by molar-refractivity contribution is 0.177. The van der Waals surface area contributed by atoms with Gasteiger partial charge in [-0.25, -0.2) is 15.0 Å². The van der Waals surface area contributed by atoms with Crippen molar-refractivity contribution in [1.82, 2.24) is 15.0 Å². The maximum atomic E-state index is 9.96. The molecule has 0 fully saturated rings. The summed E-state index contributed by atoms with van der Waals surface area (Å²) in [6, 6.07) is 3.64. The summed E-state index contributed by atoms with van der Waals surface area (Å²) >= 11 is 0. The van der Waals surface area contributed by atoms with Crippen molar-refractivity contribution in [1.29, 1.82) is 0 Å². The monoisotopic (exact) mass is 231 g/mol. The van der Waals surface area contributed by atoms with Gasteiger partial charge in [-0.2, -0.15) is 0 Å². The number of aromatic nitrogens is 3. The number of aliphatic hydroxyl groups excluding tert-OH is 1. The second kappa shape index (κ2) is 5.36. The van der Waals surface area contributed by atoms with Crippen LogP contribution in [0.15, 0.2) is 37.1 Å². The Labute approximate surface area is 99.2 Å². The molecule has 0 aliphatic carbocycles. The maximum Gasteiger partial charge on any atom is 0.212 e. The van der Waals surface area contributed by atoms with Crippen LogP contribution in [-0.2, 0) is 6.42 Å². The Morgan fingerprint density at radius 2 is 2.00 bits per heavy atom. The van der Waals surface area contributed by atoms with Gasteiger partial charge in [-0.05, 0) is 5.56 Å². The van der Waals surface area contributed by atoms with E-state index >= 15 is 0 Å². The molecule has 88 valence electrons. The SMILES string of the molecule is COc1ccc(CC(O)c2cncnc2)cn1. The first kappa shape index (κ1) is 11.5. The topological polar surface area (TPSA) is 68.1 Å². The highest BCUT2D eigenvalue weighted by molar-refractivity contribution is 5.20. The number of hydrogen-bond acceptors (Lipinski definition) is 5. The molecule has 0 bridgehead atoms. The van der Waals surface area contributed by atoms with Crippen LogP contribution in [0.1, 0.15) is 17.2 Å². The summed E-state index contributed by atoms with van der Waals surface area (Å²) in [4.78, 5) is 11.8. The Balaban J connectivity index is 2.05. The minimum absolute atomic E-state index is 0.477. The molecule has 2 heterocycles. The van der Waals surface area contributed by atoms with E-state index in [0.717, 1.165) is 5.56 Å². The molecule has 0 radical (unpaired) electrons. The molecule has 2 aromatic heterocycles. The standard InChI is InChI=1S/C12H13N3O2/c1-17-12-3-2-9(5-15-12)4-11(16)10-6-13-8-14-7-10/h2-3,5-8,11,16H,4H2,1H3. The quantitative estimate of drug-likeness (QED) is 0.855. The second-order valence-corrected chi connectivity index (χ2v) is 3.60. The van der Waals surface area contributed by atoms with Gasteiger partial charge in [0.25, 0.3) is 0 Å². The van der Waals surface area contributed by atoms with Gasteiger partial charge in [0.2, 0.25) is 5.88 Å². The molecule has 5 nitrogen and oxygen atoms in total. The van der Waals surface area contributed by atoms with Gasteiger partial charge < -0.3 is 9.84 Å². The molecule has 0 amide bonds. The molecular formula is C12H13N3O2. The Bertz CT molecular complexity index is 459. The highest BCUT2D eigenvalue weighted by atomic mass is 16.5. The van der Waals surface area contributed by atoms with E-state index in [-0.39, 0.29) is 0 Å². The fraction of sp³-hybridized carbons (Fsp3) is 0.250. The Kier molecular flexibility index (Phi) is 3.62. The van der Waals surface area contributed by atoms with E-state index in [2.05, 4.69) is 15.0 Å². The Morgan fingerprint density at radius 3 is 2.59 bits per heavy atom. The molecule has 2 aromatic rings. The summed E-state index contributed by atoms with van der Waals surface area (Å²) in [6.45, 7) is 0. The zero-order chi connectivity index (χ0) is 12.1. The van der Waals surface area contributed by atoms with Crippen LogP contribution >= 0.6 is 0 Å². The fourth-order valence-corrected chi connectivity index (χ4v) is 1.48. The van der Waals surface area contributed by atoms with Crippen LogP contribution in [-0.4, -0.2) is 27.2 Å². The van der Waals surface area contributed by atoms with Crippen molar-refractivity contribution in [2.45, 2.75) is 12.5 Å². The van der Waals surface area contributed by atoms with Crippen molar-refractivity contribution < 1.29 is 9.84 Å². The largest absolute Gasteiger partial charge is 0.481 e. The smallest absolute Gasteiger partial charge is 0.212 e. The van der Waals surface area contributed by atoms with E-state index in [0.29, 0.717) is 17.9 Å². The van der Waals surface area contributed by atoms with Gasteiger partial charge in [-0.3, -0.25) is 0 Å². The molecule has 1 atom stereocenters. The molecule has 0 aliphatic heterocycles. The van der Waals surface area contributed by atoms with Gasteiger partial charge in [0.1, 0.15) is 6.33 Å². The third kappa shape index (κ3) is 2.98. The predicted molar refractivity (Wildman–Crippen MR) is 61.5 cm³/mol. The van der Waals surface area contributed by atoms with Gasteiger partial charge in [-0.15, -0.1) is 0 Å². The van der Waals surface area contributed by atoms with Crippen LogP contribution < -0.4 is 4.74 Å². The highest BCUT2D eigenvalue weighted by Gasteiger charge is 2.09. The van der Waals surface area contributed by atoms with Crippen LogP contribution in [0.5, 0.6) is 5.88 Å². The van der Waals surface area contributed by atoms with Crippen LogP contribution in [0.3, 0.4) is 0 Å². The number of pyridine rings is 1. The summed E-state index contributed by atoms with van der Waals surface area (Å²) in [5, 5.41) is 9.96. The first-order valence-electron chi connectivity index (χ1n) is 5.21. The fourth-order valence-electron chi connectivity index (χ4n) is 1.48. The van der Waals surface area contributed by atoms with Gasteiger partial charge >= 0.3 is 0 Å². The molecule has 0 aliphatic rings. The van der Waals surface area contributed by atoms with Gasteiger partial charge in [0.15, 0.2) is 0 Å². The van der Waals surface area contributed by atoms with Crippen molar-refractivity contribution in [3.8, 4) is 5.88 Å².